The Kier molecular flexibility index (Phi) is 4.43. The Morgan fingerprint density at radius 3 is 3.00 bits per heavy atom. The number of ether oxygens (including phenoxy) is 1. The first-order valence-corrected chi connectivity index (χ1v) is 6.71. The lowest BCUT2D eigenvalue weighted by Gasteiger charge is -2.20. The Hall–Kier alpha value is -1.55. The van der Waals surface area contributed by atoms with E-state index in [4.69, 9.17) is 9.84 Å². The third-order valence-corrected chi connectivity index (χ3v) is 3.47. The van der Waals surface area contributed by atoms with Gasteiger partial charge in [-0.15, -0.1) is 0 Å². The van der Waals surface area contributed by atoms with E-state index in [0.29, 0.717) is 6.42 Å². The van der Waals surface area contributed by atoms with Crippen LogP contribution in [0.25, 0.3) is 0 Å². The molecule has 0 aromatic heterocycles. The van der Waals surface area contributed by atoms with Gasteiger partial charge >= 0.3 is 5.97 Å². The summed E-state index contributed by atoms with van der Waals surface area (Å²) in [5.74, 6) is 0.0408. The van der Waals surface area contributed by atoms with Crippen LogP contribution in [0.2, 0.25) is 0 Å². The topological polar surface area (TPSA) is 66.8 Å². The number of hydrogen-bond donors (Lipinski definition) is 2. The highest BCUT2D eigenvalue weighted by Gasteiger charge is 2.17. The largest absolute Gasteiger partial charge is 0.493 e. The molecule has 2 atom stereocenters. The van der Waals surface area contributed by atoms with Gasteiger partial charge in [0, 0.05) is 6.42 Å². The summed E-state index contributed by atoms with van der Waals surface area (Å²) in [7, 11) is 0. The number of carboxylic acid groups (broad SMARTS) is 1. The number of benzene rings is 1. The van der Waals surface area contributed by atoms with Gasteiger partial charge in [-0.25, -0.2) is 0 Å². The van der Waals surface area contributed by atoms with E-state index in [9.17, 15) is 9.90 Å². The molecule has 1 aromatic carbocycles. The second-order valence-corrected chi connectivity index (χ2v) is 5.27. The normalized spacial score (nSPS) is 17.2. The van der Waals surface area contributed by atoms with E-state index >= 15 is 0 Å². The van der Waals surface area contributed by atoms with Crippen molar-refractivity contribution in [1.29, 1.82) is 0 Å². The third-order valence-electron chi connectivity index (χ3n) is 3.47. The molecule has 0 aliphatic carbocycles. The Bertz CT molecular complexity index is 455. The molecule has 0 saturated heterocycles. The molecule has 0 radical (unpaired) electrons. The maximum Gasteiger partial charge on any atom is 0.303 e. The standard InChI is InChI=1S/C15H20O4/c1-10(8-15(17)18)7-13(16)11-4-5-14-12(9-11)3-2-6-19-14/h4-5,9-10,13,16H,2-3,6-8H2,1H3,(H,17,18). The average molecular weight is 264 g/mol. The molecule has 2 N–H and O–H groups in total. The van der Waals surface area contributed by atoms with Gasteiger partial charge in [0.25, 0.3) is 0 Å². The minimum absolute atomic E-state index is 0.0419. The Morgan fingerprint density at radius 2 is 2.26 bits per heavy atom. The molecular weight excluding hydrogens is 244 g/mol. The second kappa shape index (κ2) is 6.06. The molecule has 1 aliphatic heterocycles. The monoisotopic (exact) mass is 264 g/mol. The van der Waals surface area contributed by atoms with E-state index < -0.39 is 12.1 Å². The van der Waals surface area contributed by atoms with Gasteiger partial charge in [-0.1, -0.05) is 13.0 Å². The van der Waals surface area contributed by atoms with Crippen LogP contribution < -0.4 is 4.74 Å². The molecule has 0 spiro atoms. The number of hydrogen-bond acceptors (Lipinski definition) is 3. The number of aliphatic hydroxyl groups is 1. The van der Waals surface area contributed by atoms with Crippen molar-refractivity contribution < 1.29 is 19.7 Å². The molecular formula is C15H20O4. The molecule has 0 fully saturated rings. The first-order chi connectivity index (χ1) is 9.06. The van der Waals surface area contributed by atoms with Gasteiger partial charge in [0.1, 0.15) is 5.75 Å². The Morgan fingerprint density at radius 1 is 1.47 bits per heavy atom. The number of carbonyl (C=O) groups is 1. The summed E-state index contributed by atoms with van der Waals surface area (Å²) in [5, 5.41) is 18.9. The van der Waals surface area contributed by atoms with Crippen LogP contribution in [0.15, 0.2) is 18.2 Å². The minimum Gasteiger partial charge on any atom is -0.493 e. The lowest BCUT2D eigenvalue weighted by atomic mass is 9.93. The Balaban J connectivity index is 2.02. The summed E-state index contributed by atoms with van der Waals surface area (Å²) < 4.78 is 5.53. The Labute approximate surface area is 113 Å². The summed E-state index contributed by atoms with van der Waals surface area (Å²) in [5.41, 5.74) is 1.98. The molecule has 19 heavy (non-hydrogen) atoms. The minimum atomic E-state index is -0.821. The van der Waals surface area contributed by atoms with Crippen LogP contribution in [-0.4, -0.2) is 22.8 Å². The maximum absolute atomic E-state index is 10.6. The highest BCUT2D eigenvalue weighted by Crippen LogP contribution is 2.30. The van der Waals surface area contributed by atoms with Gasteiger partial charge in [-0.05, 0) is 48.4 Å². The van der Waals surface area contributed by atoms with Crippen molar-refractivity contribution in [2.24, 2.45) is 5.92 Å². The summed E-state index contributed by atoms with van der Waals surface area (Å²) in [6.45, 7) is 2.60. The van der Waals surface area contributed by atoms with Crippen molar-refractivity contribution in [2.45, 2.75) is 38.7 Å². The van der Waals surface area contributed by atoms with Crippen molar-refractivity contribution in [1.82, 2.24) is 0 Å². The predicted octanol–water partition coefficient (Wildman–Crippen LogP) is 2.55. The number of aliphatic hydroxyl groups excluding tert-OH is 1. The van der Waals surface area contributed by atoms with E-state index in [1.165, 1.54) is 0 Å². The number of rotatable bonds is 5. The predicted molar refractivity (Wildman–Crippen MR) is 71.3 cm³/mol. The summed E-state index contributed by atoms with van der Waals surface area (Å²) in [4.78, 5) is 10.6. The van der Waals surface area contributed by atoms with Crippen molar-refractivity contribution in [2.75, 3.05) is 6.61 Å². The molecule has 0 saturated carbocycles. The van der Waals surface area contributed by atoms with Crippen molar-refractivity contribution in [3.63, 3.8) is 0 Å². The highest BCUT2D eigenvalue weighted by atomic mass is 16.5. The first-order valence-electron chi connectivity index (χ1n) is 6.71. The molecule has 0 bridgehead atoms. The summed E-state index contributed by atoms with van der Waals surface area (Å²) in [6.07, 6.45) is 1.92. The zero-order valence-electron chi connectivity index (χ0n) is 11.1. The van der Waals surface area contributed by atoms with E-state index in [-0.39, 0.29) is 12.3 Å². The van der Waals surface area contributed by atoms with Crippen LogP contribution in [0.5, 0.6) is 5.75 Å². The van der Waals surface area contributed by atoms with Crippen LogP contribution in [0, 0.1) is 5.92 Å². The van der Waals surface area contributed by atoms with E-state index in [1.807, 2.05) is 25.1 Å². The first kappa shape index (κ1) is 13.9. The molecule has 1 heterocycles. The molecule has 1 aromatic rings. The summed E-state index contributed by atoms with van der Waals surface area (Å²) >= 11 is 0. The highest BCUT2D eigenvalue weighted by molar-refractivity contribution is 5.66. The number of aryl methyl sites for hydroxylation is 1. The molecule has 0 amide bonds. The molecule has 104 valence electrons. The average Bonchev–Trinajstić information content (AvgIpc) is 2.37. The second-order valence-electron chi connectivity index (χ2n) is 5.27. The van der Waals surface area contributed by atoms with Gasteiger partial charge < -0.3 is 14.9 Å². The quantitative estimate of drug-likeness (QED) is 0.857. The smallest absolute Gasteiger partial charge is 0.303 e. The number of fused-ring (bicyclic) bond motifs is 1. The van der Waals surface area contributed by atoms with Gasteiger partial charge in [0.05, 0.1) is 12.7 Å². The zero-order valence-corrected chi connectivity index (χ0v) is 11.1. The molecule has 1 aliphatic rings. The summed E-state index contributed by atoms with van der Waals surface area (Å²) in [6, 6.07) is 5.74. The molecule has 4 heteroatoms. The zero-order chi connectivity index (χ0) is 13.8. The van der Waals surface area contributed by atoms with E-state index in [0.717, 1.165) is 36.3 Å². The van der Waals surface area contributed by atoms with Gasteiger partial charge in [0.15, 0.2) is 0 Å². The van der Waals surface area contributed by atoms with Gasteiger partial charge in [-0.2, -0.15) is 0 Å². The number of aliphatic carboxylic acids is 1. The van der Waals surface area contributed by atoms with Gasteiger partial charge in [0.2, 0.25) is 0 Å². The van der Waals surface area contributed by atoms with Crippen molar-refractivity contribution in [3.05, 3.63) is 29.3 Å². The van der Waals surface area contributed by atoms with Gasteiger partial charge in [-0.3, -0.25) is 4.79 Å². The molecule has 2 unspecified atom stereocenters. The third kappa shape index (κ3) is 3.70. The van der Waals surface area contributed by atoms with Crippen LogP contribution >= 0.6 is 0 Å². The van der Waals surface area contributed by atoms with E-state index in [2.05, 4.69) is 0 Å². The van der Waals surface area contributed by atoms with Crippen molar-refractivity contribution in [3.8, 4) is 5.75 Å². The van der Waals surface area contributed by atoms with E-state index in [1.54, 1.807) is 0 Å². The lowest BCUT2D eigenvalue weighted by Crippen LogP contribution is -2.11. The fraction of sp³-hybridized carbons (Fsp3) is 0.533. The maximum atomic E-state index is 10.6. The van der Waals surface area contributed by atoms with Crippen LogP contribution in [0.4, 0.5) is 0 Å². The fourth-order valence-electron chi connectivity index (χ4n) is 2.49. The molecule has 2 rings (SSSR count). The molecule has 4 nitrogen and oxygen atoms in total. The van der Waals surface area contributed by atoms with Crippen LogP contribution in [0.3, 0.4) is 0 Å². The van der Waals surface area contributed by atoms with Crippen LogP contribution in [-0.2, 0) is 11.2 Å². The van der Waals surface area contributed by atoms with Crippen LogP contribution in [0.1, 0.15) is 43.4 Å². The van der Waals surface area contributed by atoms with Crippen molar-refractivity contribution >= 4 is 5.97 Å². The lowest BCUT2D eigenvalue weighted by molar-refractivity contribution is -0.138. The fourth-order valence-corrected chi connectivity index (χ4v) is 2.49. The SMILES string of the molecule is CC(CC(=O)O)CC(O)c1ccc2c(c1)CCCO2. The number of carboxylic acids is 1.